The van der Waals surface area contributed by atoms with Crippen LogP contribution in [0.3, 0.4) is 0 Å². The van der Waals surface area contributed by atoms with Crippen LogP contribution in [0.15, 0.2) is 10.8 Å². The summed E-state index contributed by atoms with van der Waals surface area (Å²) in [6.45, 7) is 0. The van der Waals surface area contributed by atoms with Gasteiger partial charge in [0.05, 0.1) is 5.56 Å². The molecule has 0 fully saturated rings. The van der Waals surface area contributed by atoms with Crippen molar-refractivity contribution in [1.82, 2.24) is 0 Å². The van der Waals surface area contributed by atoms with Crippen LogP contribution in [-0.2, 0) is 0 Å². The van der Waals surface area contributed by atoms with Gasteiger partial charge >= 0.3 is 12.1 Å². The number of nitrogens with two attached hydrogens (primary N) is 1. The smallest absolute Gasteiger partial charge is 0.407 e. The number of hydrogen-bond acceptors (Lipinski definition) is 3. The molecule has 1 heterocycles. The van der Waals surface area contributed by atoms with Gasteiger partial charge in [0.25, 0.3) is 0 Å². The first-order valence-electron chi connectivity index (χ1n) is 3.45. The molecular formula is C7H6F3NO2S. The molecule has 0 bridgehead atoms. The number of hydrogen-bond donors (Lipinski definition) is 2. The molecular weight excluding hydrogens is 219 g/mol. The van der Waals surface area contributed by atoms with Crippen molar-refractivity contribution in [2.45, 2.75) is 12.2 Å². The lowest BCUT2D eigenvalue weighted by Gasteiger charge is -2.14. The second-order valence-corrected chi connectivity index (χ2v) is 3.31. The van der Waals surface area contributed by atoms with Gasteiger partial charge in [0.15, 0.2) is 0 Å². The van der Waals surface area contributed by atoms with Crippen LogP contribution in [-0.4, -0.2) is 17.3 Å². The van der Waals surface area contributed by atoms with Crippen LogP contribution in [0.4, 0.5) is 13.2 Å². The van der Waals surface area contributed by atoms with E-state index in [4.69, 9.17) is 10.8 Å². The predicted octanol–water partition coefficient (Wildman–Crippen LogP) is 2.01. The quantitative estimate of drug-likeness (QED) is 0.809. The van der Waals surface area contributed by atoms with Gasteiger partial charge in [0.2, 0.25) is 0 Å². The molecule has 0 radical (unpaired) electrons. The van der Waals surface area contributed by atoms with Crippen molar-refractivity contribution >= 4 is 17.3 Å². The molecule has 7 heteroatoms. The van der Waals surface area contributed by atoms with E-state index in [-0.39, 0.29) is 5.56 Å². The largest absolute Gasteiger partial charge is 0.478 e. The number of carboxylic acid groups (broad SMARTS) is 1. The molecule has 1 rings (SSSR count). The van der Waals surface area contributed by atoms with E-state index in [0.29, 0.717) is 0 Å². The molecule has 3 nitrogen and oxygen atoms in total. The number of halogens is 3. The van der Waals surface area contributed by atoms with Gasteiger partial charge in [0.1, 0.15) is 6.04 Å². The minimum atomic E-state index is -4.62. The van der Waals surface area contributed by atoms with Gasteiger partial charge in [-0.25, -0.2) is 4.79 Å². The highest BCUT2D eigenvalue weighted by Crippen LogP contribution is 2.33. The Morgan fingerprint density at radius 1 is 1.50 bits per heavy atom. The summed E-state index contributed by atoms with van der Waals surface area (Å²) in [4.78, 5) is 10.5. The van der Waals surface area contributed by atoms with Crippen molar-refractivity contribution in [1.29, 1.82) is 0 Å². The van der Waals surface area contributed by atoms with Gasteiger partial charge in [0, 0.05) is 10.9 Å². The summed E-state index contributed by atoms with van der Waals surface area (Å²) >= 11 is 0.878. The Hall–Kier alpha value is -1.08. The Bertz CT molecular complexity index is 347. The third-order valence-electron chi connectivity index (χ3n) is 1.61. The molecule has 14 heavy (non-hydrogen) atoms. The zero-order valence-corrected chi connectivity index (χ0v) is 7.52. The average Bonchev–Trinajstić information content (AvgIpc) is 2.48. The molecule has 0 saturated carbocycles. The van der Waals surface area contributed by atoms with Crippen molar-refractivity contribution in [3.8, 4) is 0 Å². The predicted molar refractivity (Wildman–Crippen MR) is 44.3 cm³/mol. The number of alkyl halides is 3. The van der Waals surface area contributed by atoms with Crippen LogP contribution in [0.5, 0.6) is 0 Å². The zero-order valence-electron chi connectivity index (χ0n) is 6.71. The molecule has 3 N–H and O–H groups in total. The fraction of sp³-hybridized carbons (Fsp3) is 0.286. The van der Waals surface area contributed by atoms with Crippen LogP contribution < -0.4 is 5.73 Å². The first kappa shape index (κ1) is 11.0. The summed E-state index contributed by atoms with van der Waals surface area (Å²) in [5.41, 5.74) is 4.09. The molecule has 1 aromatic rings. The van der Waals surface area contributed by atoms with E-state index in [1.807, 2.05) is 0 Å². The highest BCUT2D eigenvalue weighted by Gasteiger charge is 2.40. The molecule has 0 unspecified atom stereocenters. The molecule has 1 atom stereocenters. The number of thiophene rings is 1. The van der Waals surface area contributed by atoms with Gasteiger partial charge in [-0.3, -0.25) is 0 Å². The highest BCUT2D eigenvalue weighted by molar-refractivity contribution is 7.08. The minimum Gasteiger partial charge on any atom is -0.478 e. The number of carboxylic acids is 1. The second-order valence-electron chi connectivity index (χ2n) is 2.57. The molecule has 78 valence electrons. The van der Waals surface area contributed by atoms with Crippen LogP contribution in [0, 0.1) is 0 Å². The lowest BCUT2D eigenvalue weighted by Crippen LogP contribution is -2.29. The number of carbonyl (C=O) groups is 1. The van der Waals surface area contributed by atoms with E-state index >= 15 is 0 Å². The Kier molecular flexibility index (Phi) is 2.81. The Morgan fingerprint density at radius 3 is 2.50 bits per heavy atom. The lowest BCUT2D eigenvalue weighted by atomic mass is 10.1. The average molecular weight is 225 g/mol. The van der Waals surface area contributed by atoms with Crippen molar-refractivity contribution in [2.24, 2.45) is 5.73 Å². The topological polar surface area (TPSA) is 63.3 Å². The van der Waals surface area contributed by atoms with E-state index in [1.165, 1.54) is 0 Å². The van der Waals surface area contributed by atoms with Gasteiger partial charge in [-0.1, -0.05) is 0 Å². The number of aromatic carboxylic acids is 1. The normalized spacial score (nSPS) is 14.0. The van der Waals surface area contributed by atoms with Crippen LogP contribution >= 0.6 is 11.3 Å². The van der Waals surface area contributed by atoms with Crippen molar-refractivity contribution in [3.63, 3.8) is 0 Å². The summed E-state index contributed by atoms with van der Waals surface area (Å²) in [7, 11) is 0. The van der Waals surface area contributed by atoms with Gasteiger partial charge in [-0.2, -0.15) is 24.5 Å². The molecule has 0 aliphatic carbocycles. The fourth-order valence-electron chi connectivity index (χ4n) is 0.898. The van der Waals surface area contributed by atoms with Gasteiger partial charge < -0.3 is 10.8 Å². The van der Waals surface area contributed by atoms with Gasteiger partial charge in [-0.05, 0) is 5.38 Å². The van der Waals surface area contributed by atoms with Crippen molar-refractivity contribution in [2.75, 3.05) is 0 Å². The highest BCUT2D eigenvalue weighted by atomic mass is 32.1. The van der Waals surface area contributed by atoms with E-state index in [9.17, 15) is 18.0 Å². The summed E-state index contributed by atoms with van der Waals surface area (Å²) in [6, 6.07) is -2.24. The maximum absolute atomic E-state index is 12.1. The molecule has 0 amide bonds. The summed E-state index contributed by atoms with van der Waals surface area (Å²) < 4.78 is 36.4. The van der Waals surface area contributed by atoms with E-state index in [2.05, 4.69) is 0 Å². The molecule has 0 saturated heterocycles. The second kappa shape index (κ2) is 3.58. The maximum Gasteiger partial charge on any atom is 0.407 e. The summed E-state index contributed by atoms with van der Waals surface area (Å²) in [6.07, 6.45) is -4.62. The van der Waals surface area contributed by atoms with Gasteiger partial charge in [-0.15, -0.1) is 0 Å². The third-order valence-corrected chi connectivity index (χ3v) is 2.37. The van der Waals surface area contributed by atoms with E-state index in [0.717, 1.165) is 22.1 Å². The maximum atomic E-state index is 12.1. The summed E-state index contributed by atoms with van der Waals surface area (Å²) in [5.74, 6) is -1.40. The fourth-order valence-corrected chi connectivity index (χ4v) is 1.76. The minimum absolute atomic E-state index is 0.389. The molecule has 0 aliphatic rings. The third kappa shape index (κ3) is 2.05. The molecule has 0 spiro atoms. The van der Waals surface area contributed by atoms with Crippen LogP contribution in [0.1, 0.15) is 22.0 Å². The molecule has 0 aromatic carbocycles. The van der Waals surface area contributed by atoms with E-state index in [1.54, 1.807) is 0 Å². The molecule has 1 aromatic heterocycles. The zero-order chi connectivity index (χ0) is 10.9. The SMILES string of the molecule is N[C@H](c1cscc1C(=O)O)C(F)(F)F. The molecule has 0 aliphatic heterocycles. The first-order valence-corrected chi connectivity index (χ1v) is 4.40. The monoisotopic (exact) mass is 225 g/mol. The Labute approximate surface area is 81.0 Å². The standard InChI is InChI=1S/C7H6F3NO2S/c8-7(9,10)5(11)3-1-14-2-4(3)6(12)13/h1-2,5H,11H2,(H,12,13)/t5-/m1/s1. The first-order chi connectivity index (χ1) is 6.34. The lowest BCUT2D eigenvalue weighted by molar-refractivity contribution is -0.149. The number of rotatable bonds is 2. The van der Waals surface area contributed by atoms with Crippen LogP contribution in [0.2, 0.25) is 0 Å². The van der Waals surface area contributed by atoms with Crippen molar-refractivity contribution in [3.05, 3.63) is 21.9 Å². The van der Waals surface area contributed by atoms with Crippen molar-refractivity contribution < 1.29 is 23.1 Å². The van der Waals surface area contributed by atoms with E-state index < -0.39 is 23.8 Å². The Morgan fingerprint density at radius 2 is 2.07 bits per heavy atom. The Balaban J connectivity index is 3.07. The van der Waals surface area contributed by atoms with Crippen LogP contribution in [0.25, 0.3) is 0 Å². The summed E-state index contributed by atoms with van der Waals surface area (Å²) in [5, 5.41) is 10.8.